The number of imide groups is 1. The van der Waals surface area contributed by atoms with Gasteiger partial charge in [-0.3, -0.25) is 4.68 Å². The van der Waals surface area contributed by atoms with Gasteiger partial charge in [-0.2, -0.15) is 10.00 Å². The van der Waals surface area contributed by atoms with Crippen LogP contribution < -0.4 is 10.2 Å². The van der Waals surface area contributed by atoms with Crippen LogP contribution >= 0.6 is 0 Å². The van der Waals surface area contributed by atoms with Crippen LogP contribution in [0.1, 0.15) is 118 Å². The van der Waals surface area contributed by atoms with Gasteiger partial charge in [-0.15, -0.1) is 0 Å². The van der Waals surface area contributed by atoms with Crippen LogP contribution in [0.5, 0.6) is 0 Å². The average Bonchev–Trinajstić information content (AvgIpc) is 3.48. The third kappa shape index (κ3) is 11.3. The fourth-order valence-corrected chi connectivity index (χ4v) is 8.52. The first-order valence-corrected chi connectivity index (χ1v) is 21.6. The molecule has 3 amide bonds. The van der Waals surface area contributed by atoms with Gasteiger partial charge in [-0.05, 0) is 125 Å². The molecule has 0 aliphatic heterocycles. The standard InChI is InChI=1S/C43H54F3N5O8S/c1-11-50-36-30(25-16-18-28(19-17-25)48-38(52)57-41(2,3)4)22-47-37(51(39(53)58-42(5,6)7)40(54)59-43(8,9)10)34(36)35(49-50)29-21-32(45)27(20-33(29)46)24-60(55,56)23-26-14-12-13-15-31(26)44/h12-15,20-22,25,28H,11,16-19,23-24H2,1-10H3,(H,48,52). The number of nitrogens with zero attached hydrogens (tertiary/aromatic N) is 4. The van der Waals surface area contributed by atoms with E-state index in [-0.39, 0.29) is 41.0 Å². The molecule has 1 fully saturated rings. The zero-order chi connectivity index (χ0) is 44.5. The third-order valence-corrected chi connectivity index (χ3v) is 10.9. The maximum atomic E-state index is 16.5. The number of alkyl carbamates (subject to hydrolysis) is 1. The lowest BCUT2D eigenvalue weighted by Crippen LogP contribution is -2.44. The number of amides is 3. The SMILES string of the molecule is CCn1nc(-c2cc(F)c(CS(=O)(=O)Cc3ccccc3F)cc2F)c2c(N(C(=O)OC(C)(C)C)C(=O)OC(C)(C)C)ncc(C3CCC(NC(=O)OC(C)(C)C)CC3)c21. The summed E-state index contributed by atoms with van der Waals surface area (Å²) in [6, 6.07) is 6.66. The second-order valence-corrected chi connectivity index (χ2v) is 20.0. The first-order valence-electron chi connectivity index (χ1n) is 19.8. The van der Waals surface area contributed by atoms with E-state index in [0.717, 1.165) is 18.2 Å². The van der Waals surface area contributed by atoms with Gasteiger partial charge in [0.1, 0.15) is 39.9 Å². The number of anilines is 1. The highest BCUT2D eigenvalue weighted by atomic mass is 32.2. The molecule has 326 valence electrons. The van der Waals surface area contributed by atoms with Crippen LogP contribution in [0.2, 0.25) is 0 Å². The van der Waals surface area contributed by atoms with Crippen LogP contribution in [-0.4, -0.2) is 64.3 Å². The Hall–Kier alpha value is -5.19. The van der Waals surface area contributed by atoms with Crippen molar-refractivity contribution in [3.8, 4) is 11.3 Å². The van der Waals surface area contributed by atoms with Crippen molar-refractivity contribution in [3.05, 3.63) is 76.7 Å². The van der Waals surface area contributed by atoms with Crippen LogP contribution in [-0.2, 0) is 42.1 Å². The summed E-state index contributed by atoms with van der Waals surface area (Å²) in [6.07, 6.45) is 0.980. The molecule has 2 aromatic heterocycles. The third-order valence-electron chi connectivity index (χ3n) is 9.43. The van der Waals surface area contributed by atoms with Crippen LogP contribution in [0.15, 0.2) is 42.6 Å². The minimum absolute atomic E-state index is 0.0123. The second-order valence-electron chi connectivity index (χ2n) is 18.0. The maximum Gasteiger partial charge on any atom is 0.425 e. The van der Waals surface area contributed by atoms with E-state index in [2.05, 4.69) is 10.3 Å². The molecule has 0 radical (unpaired) electrons. The quantitative estimate of drug-likeness (QED) is 0.161. The van der Waals surface area contributed by atoms with Gasteiger partial charge >= 0.3 is 18.3 Å². The molecule has 1 saturated carbocycles. The van der Waals surface area contributed by atoms with E-state index in [4.69, 9.17) is 19.3 Å². The summed E-state index contributed by atoms with van der Waals surface area (Å²) in [6.45, 7) is 17.0. The molecule has 0 spiro atoms. The van der Waals surface area contributed by atoms with Gasteiger partial charge in [0, 0.05) is 35.5 Å². The van der Waals surface area contributed by atoms with Crippen molar-refractivity contribution in [1.29, 1.82) is 0 Å². The number of hydrogen-bond donors (Lipinski definition) is 1. The van der Waals surface area contributed by atoms with Crippen molar-refractivity contribution in [2.75, 3.05) is 4.90 Å². The predicted molar refractivity (Wildman–Crippen MR) is 221 cm³/mol. The van der Waals surface area contributed by atoms with Crippen molar-refractivity contribution >= 4 is 44.8 Å². The van der Waals surface area contributed by atoms with Gasteiger partial charge in [-0.1, -0.05) is 18.2 Å². The number of sulfone groups is 1. The number of rotatable bonds is 9. The van der Waals surface area contributed by atoms with Crippen LogP contribution in [0, 0.1) is 17.5 Å². The Balaban J connectivity index is 1.66. The molecule has 2 heterocycles. The van der Waals surface area contributed by atoms with Gasteiger partial charge in [0.25, 0.3) is 0 Å². The summed E-state index contributed by atoms with van der Waals surface area (Å²) in [4.78, 5) is 45.8. The number of nitrogens with one attached hydrogen (secondary N) is 1. The molecule has 0 saturated heterocycles. The van der Waals surface area contributed by atoms with Crippen LogP contribution in [0.4, 0.5) is 33.4 Å². The number of aryl methyl sites for hydroxylation is 1. The Morgan fingerprint density at radius 3 is 1.92 bits per heavy atom. The first kappa shape index (κ1) is 45.9. The summed E-state index contributed by atoms with van der Waals surface area (Å²) in [5.41, 5.74) is -3.02. The van der Waals surface area contributed by atoms with E-state index in [0.29, 0.717) is 41.7 Å². The normalized spacial score (nSPS) is 16.4. The van der Waals surface area contributed by atoms with Crippen molar-refractivity contribution < 1.29 is 50.2 Å². The number of fused-ring (bicyclic) bond motifs is 1. The van der Waals surface area contributed by atoms with E-state index in [1.165, 1.54) is 24.4 Å². The summed E-state index contributed by atoms with van der Waals surface area (Å²) in [5, 5.41) is 7.65. The lowest BCUT2D eigenvalue weighted by molar-refractivity contribution is 0.0425. The van der Waals surface area contributed by atoms with E-state index in [9.17, 15) is 27.2 Å². The number of aromatic nitrogens is 3. The minimum atomic E-state index is -4.18. The Morgan fingerprint density at radius 2 is 1.37 bits per heavy atom. The number of carbonyl (C=O) groups excluding carboxylic acids is 3. The van der Waals surface area contributed by atoms with E-state index in [1.807, 2.05) is 0 Å². The molecular weight excluding hydrogens is 804 g/mol. The smallest absolute Gasteiger partial charge is 0.425 e. The lowest BCUT2D eigenvalue weighted by Gasteiger charge is -2.31. The summed E-state index contributed by atoms with van der Waals surface area (Å²) in [5.74, 6) is -5.05. The topological polar surface area (TPSA) is 159 Å². The number of pyridine rings is 1. The van der Waals surface area contributed by atoms with Crippen LogP contribution in [0.3, 0.4) is 0 Å². The lowest BCUT2D eigenvalue weighted by atomic mass is 9.81. The molecule has 17 heteroatoms. The molecule has 0 unspecified atom stereocenters. The Bertz CT molecular complexity index is 2350. The van der Waals surface area contributed by atoms with Gasteiger partial charge in [0.15, 0.2) is 15.7 Å². The fraction of sp³-hybridized carbons (Fsp3) is 0.512. The molecule has 4 aromatic rings. The second kappa shape index (κ2) is 17.4. The molecule has 1 N–H and O–H groups in total. The zero-order valence-corrected chi connectivity index (χ0v) is 36.6. The molecule has 1 aliphatic rings. The van der Waals surface area contributed by atoms with E-state index < -0.39 is 85.0 Å². The van der Waals surface area contributed by atoms with E-state index in [1.54, 1.807) is 73.9 Å². The predicted octanol–water partition coefficient (Wildman–Crippen LogP) is 9.88. The van der Waals surface area contributed by atoms with Crippen molar-refractivity contribution in [2.24, 2.45) is 0 Å². The van der Waals surface area contributed by atoms with Gasteiger partial charge in [-0.25, -0.2) is 41.0 Å². The number of ether oxygens (including phenoxy) is 3. The van der Waals surface area contributed by atoms with Crippen molar-refractivity contribution in [3.63, 3.8) is 0 Å². The van der Waals surface area contributed by atoms with Gasteiger partial charge < -0.3 is 19.5 Å². The Labute approximate surface area is 348 Å². The number of carbonyl (C=O) groups is 3. The zero-order valence-electron chi connectivity index (χ0n) is 35.7. The molecule has 0 atom stereocenters. The molecule has 0 bridgehead atoms. The minimum Gasteiger partial charge on any atom is -0.444 e. The highest BCUT2D eigenvalue weighted by Crippen LogP contribution is 2.43. The van der Waals surface area contributed by atoms with Gasteiger partial charge in [0.05, 0.1) is 22.4 Å². The number of halogens is 3. The van der Waals surface area contributed by atoms with Crippen molar-refractivity contribution in [1.82, 2.24) is 20.1 Å². The van der Waals surface area contributed by atoms with Gasteiger partial charge in [0.2, 0.25) is 0 Å². The summed E-state index contributed by atoms with van der Waals surface area (Å²) in [7, 11) is -4.18. The summed E-state index contributed by atoms with van der Waals surface area (Å²) < 4.78 is 91.4. The Morgan fingerprint density at radius 1 is 0.800 bits per heavy atom. The first-order chi connectivity index (χ1) is 27.8. The van der Waals surface area contributed by atoms with Crippen molar-refractivity contribution in [2.45, 2.75) is 142 Å². The molecule has 13 nitrogen and oxygen atoms in total. The van der Waals surface area contributed by atoms with E-state index >= 15 is 8.78 Å². The maximum absolute atomic E-state index is 16.5. The highest BCUT2D eigenvalue weighted by Gasteiger charge is 2.38. The molecule has 2 aromatic carbocycles. The average molecular weight is 858 g/mol. The molecule has 5 rings (SSSR count). The summed E-state index contributed by atoms with van der Waals surface area (Å²) >= 11 is 0. The molecule has 60 heavy (non-hydrogen) atoms. The number of hydrogen-bond acceptors (Lipinski definition) is 10. The largest absolute Gasteiger partial charge is 0.444 e. The number of benzene rings is 2. The molecule has 1 aliphatic carbocycles. The highest BCUT2D eigenvalue weighted by molar-refractivity contribution is 7.89. The fourth-order valence-electron chi connectivity index (χ4n) is 7.02. The monoisotopic (exact) mass is 857 g/mol. The molecular formula is C43H54F3N5O8S. The van der Waals surface area contributed by atoms with Crippen LogP contribution in [0.25, 0.3) is 22.2 Å². The Kier molecular flexibility index (Phi) is 13.3.